The molecule has 0 saturated carbocycles. The average Bonchev–Trinajstić information content (AvgIpc) is 2.66. The number of rotatable bonds is 2. The van der Waals surface area contributed by atoms with Gasteiger partial charge in [-0.15, -0.1) is 0 Å². The SMILES string of the molecule is Cc1nc([C@H](C)N)cn1C1CS(=O)(=O)CC1O. The van der Waals surface area contributed by atoms with E-state index in [0.29, 0.717) is 11.5 Å². The fraction of sp³-hybridized carbons (Fsp3) is 0.700. The number of hydrogen-bond acceptors (Lipinski definition) is 5. The maximum Gasteiger partial charge on any atom is 0.155 e. The number of nitrogens with two attached hydrogens (primary N) is 1. The first kappa shape index (κ1) is 12.5. The van der Waals surface area contributed by atoms with E-state index in [-0.39, 0.29) is 17.5 Å². The summed E-state index contributed by atoms with van der Waals surface area (Å²) in [7, 11) is -3.15. The Hall–Kier alpha value is -0.920. The maximum absolute atomic E-state index is 11.5. The van der Waals surface area contributed by atoms with Crippen molar-refractivity contribution in [3.8, 4) is 0 Å². The zero-order chi connectivity index (χ0) is 12.8. The average molecular weight is 259 g/mol. The van der Waals surface area contributed by atoms with Crippen molar-refractivity contribution >= 4 is 9.84 Å². The van der Waals surface area contributed by atoms with Crippen LogP contribution in [0, 0.1) is 6.92 Å². The van der Waals surface area contributed by atoms with Gasteiger partial charge in [-0.2, -0.15) is 0 Å². The lowest BCUT2D eigenvalue weighted by Crippen LogP contribution is -2.22. The molecule has 2 unspecified atom stereocenters. The minimum atomic E-state index is -3.15. The van der Waals surface area contributed by atoms with Crippen LogP contribution in [0.4, 0.5) is 0 Å². The van der Waals surface area contributed by atoms with Gasteiger partial charge in [-0.1, -0.05) is 0 Å². The summed E-state index contributed by atoms with van der Waals surface area (Å²) >= 11 is 0. The van der Waals surface area contributed by atoms with Crippen molar-refractivity contribution in [3.63, 3.8) is 0 Å². The van der Waals surface area contributed by atoms with Gasteiger partial charge in [0.05, 0.1) is 29.3 Å². The highest BCUT2D eigenvalue weighted by molar-refractivity contribution is 7.91. The van der Waals surface area contributed by atoms with E-state index in [0.717, 1.165) is 0 Å². The Balaban J connectivity index is 2.35. The third kappa shape index (κ3) is 2.36. The van der Waals surface area contributed by atoms with Crippen LogP contribution in [-0.2, 0) is 9.84 Å². The molecule has 17 heavy (non-hydrogen) atoms. The number of aliphatic hydroxyl groups excluding tert-OH is 1. The lowest BCUT2D eigenvalue weighted by atomic mass is 10.2. The summed E-state index contributed by atoms with van der Waals surface area (Å²) in [5.74, 6) is 0.463. The first-order valence-corrected chi connectivity index (χ1v) is 7.32. The fourth-order valence-electron chi connectivity index (χ4n) is 2.14. The molecule has 6 nitrogen and oxygen atoms in total. The van der Waals surface area contributed by atoms with E-state index in [4.69, 9.17) is 5.73 Å². The second-order valence-corrected chi connectivity index (χ2v) is 6.77. The van der Waals surface area contributed by atoms with Crippen LogP contribution < -0.4 is 5.73 Å². The fourth-order valence-corrected chi connectivity index (χ4v) is 3.92. The molecule has 0 amide bonds. The van der Waals surface area contributed by atoms with E-state index >= 15 is 0 Å². The normalized spacial score (nSPS) is 29.4. The number of sulfone groups is 1. The predicted octanol–water partition coefficient (Wildman–Crippen LogP) is -0.458. The van der Waals surface area contributed by atoms with Crippen LogP contribution in [0.1, 0.15) is 30.5 Å². The molecule has 0 aromatic carbocycles. The van der Waals surface area contributed by atoms with Crippen LogP contribution in [0.25, 0.3) is 0 Å². The molecule has 7 heteroatoms. The summed E-state index contributed by atoms with van der Waals surface area (Å²) in [4.78, 5) is 4.27. The van der Waals surface area contributed by atoms with Crippen molar-refractivity contribution in [1.29, 1.82) is 0 Å². The van der Waals surface area contributed by atoms with Gasteiger partial charge in [0.15, 0.2) is 9.84 Å². The molecule has 2 rings (SSSR count). The van der Waals surface area contributed by atoms with Crippen molar-refractivity contribution in [3.05, 3.63) is 17.7 Å². The van der Waals surface area contributed by atoms with Gasteiger partial charge in [0.25, 0.3) is 0 Å². The predicted molar refractivity (Wildman–Crippen MR) is 63.3 cm³/mol. The van der Waals surface area contributed by atoms with Crippen molar-refractivity contribution in [2.45, 2.75) is 32.0 Å². The molecule has 2 heterocycles. The van der Waals surface area contributed by atoms with Crippen molar-refractivity contribution in [2.75, 3.05) is 11.5 Å². The summed E-state index contributed by atoms with van der Waals surface area (Å²) in [6.45, 7) is 3.59. The van der Waals surface area contributed by atoms with Gasteiger partial charge in [-0.05, 0) is 13.8 Å². The molecule has 0 aliphatic carbocycles. The van der Waals surface area contributed by atoms with Crippen LogP contribution >= 0.6 is 0 Å². The largest absolute Gasteiger partial charge is 0.390 e. The smallest absolute Gasteiger partial charge is 0.155 e. The molecule has 96 valence electrons. The summed E-state index contributed by atoms with van der Waals surface area (Å²) in [5, 5.41) is 9.79. The van der Waals surface area contributed by atoms with Crippen LogP contribution in [0.3, 0.4) is 0 Å². The summed E-state index contributed by atoms with van der Waals surface area (Å²) in [5.41, 5.74) is 6.43. The Kier molecular flexibility index (Phi) is 3.01. The molecule has 0 radical (unpaired) electrons. The van der Waals surface area contributed by atoms with Crippen molar-refractivity contribution in [1.82, 2.24) is 9.55 Å². The first-order chi connectivity index (χ1) is 7.80. The zero-order valence-electron chi connectivity index (χ0n) is 9.87. The van der Waals surface area contributed by atoms with Gasteiger partial charge in [0, 0.05) is 12.2 Å². The first-order valence-electron chi connectivity index (χ1n) is 5.49. The van der Waals surface area contributed by atoms with Gasteiger partial charge in [-0.25, -0.2) is 13.4 Å². The van der Waals surface area contributed by atoms with Gasteiger partial charge in [0.2, 0.25) is 0 Å². The third-order valence-electron chi connectivity index (χ3n) is 3.05. The molecule has 1 fully saturated rings. The minimum Gasteiger partial charge on any atom is -0.390 e. The Labute approximate surface area is 100 Å². The van der Waals surface area contributed by atoms with E-state index in [2.05, 4.69) is 4.98 Å². The van der Waals surface area contributed by atoms with Gasteiger partial charge >= 0.3 is 0 Å². The Bertz CT molecular complexity index is 521. The van der Waals surface area contributed by atoms with Gasteiger partial charge in [-0.3, -0.25) is 0 Å². The number of imidazole rings is 1. The second kappa shape index (κ2) is 4.08. The Morgan fingerprint density at radius 1 is 1.59 bits per heavy atom. The molecule has 0 bridgehead atoms. The molecule has 3 atom stereocenters. The number of aryl methyl sites for hydroxylation is 1. The van der Waals surface area contributed by atoms with E-state index in [1.165, 1.54) is 0 Å². The number of hydrogen-bond donors (Lipinski definition) is 2. The zero-order valence-corrected chi connectivity index (χ0v) is 10.7. The molecule has 1 aromatic heterocycles. The van der Waals surface area contributed by atoms with Crippen molar-refractivity contribution < 1.29 is 13.5 Å². The highest BCUT2D eigenvalue weighted by atomic mass is 32.2. The molecule has 1 aromatic rings. The number of aromatic nitrogens is 2. The quantitative estimate of drug-likeness (QED) is 0.749. The van der Waals surface area contributed by atoms with Crippen LogP contribution in [-0.4, -0.2) is 40.7 Å². The maximum atomic E-state index is 11.5. The van der Waals surface area contributed by atoms with E-state index < -0.39 is 22.0 Å². The number of nitrogens with zero attached hydrogens (tertiary/aromatic N) is 2. The summed E-state index contributed by atoms with van der Waals surface area (Å²) < 4.78 is 24.6. The second-order valence-electron chi connectivity index (χ2n) is 4.62. The van der Waals surface area contributed by atoms with Crippen molar-refractivity contribution in [2.24, 2.45) is 5.73 Å². The highest BCUT2D eigenvalue weighted by Gasteiger charge is 2.38. The lowest BCUT2D eigenvalue weighted by molar-refractivity contribution is 0.152. The molecule has 1 saturated heterocycles. The third-order valence-corrected chi connectivity index (χ3v) is 4.75. The number of aliphatic hydroxyl groups is 1. The van der Waals surface area contributed by atoms with E-state index in [1.54, 1.807) is 17.7 Å². The van der Waals surface area contributed by atoms with E-state index in [9.17, 15) is 13.5 Å². The van der Waals surface area contributed by atoms with E-state index in [1.807, 2.05) is 6.92 Å². The Morgan fingerprint density at radius 3 is 2.65 bits per heavy atom. The standard InChI is InChI=1S/C10H17N3O3S/c1-6(11)8-3-13(7(2)12-8)9-4-17(15,16)5-10(9)14/h3,6,9-10,14H,4-5,11H2,1-2H3/t6-,9?,10?/m0/s1. The molecular weight excluding hydrogens is 242 g/mol. The van der Waals surface area contributed by atoms with Crippen LogP contribution in [0.15, 0.2) is 6.20 Å². The highest BCUT2D eigenvalue weighted by Crippen LogP contribution is 2.26. The molecule has 1 aliphatic rings. The summed E-state index contributed by atoms with van der Waals surface area (Å²) in [6.07, 6.45) is 0.864. The Morgan fingerprint density at radius 2 is 2.24 bits per heavy atom. The summed E-state index contributed by atoms with van der Waals surface area (Å²) in [6, 6.07) is -0.648. The van der Waals surface area contributed by atoms with Crippen LogP contribution in [0.2, 0.25) is 0 Å². The van der Waals surface area contributed by atoms with Gasteiger partial charge < -0.3 is 15.4 Å². The molecule has 3 N–H and O–H groups in total. The minimum absolute atomic E-state index is 0.0379. The lowest BCUT2D eigenvalue weighted by Gasteiger charge is -2.15. The monoisotopic (exact) mass is 259 g/mol. The molecule has 0 spiro atoms. The molecular formula is C10H17N3O3S. The molecule has 1 aliphatic heterocycles. The van der Waals surface area contributed by atoms with Gasteiger partial charge in [0.1, 0.15) is 5.82 Å². The van der Waals surface area contributed by atoms with Crippen LogP contribution in [0.5, 0.6) is 0 Å². The topological polar surface area (TPSA) is 98.2 Å².